The van der Waals surface area contributed by atoms with Crippen molar-refractivity contribution >= 4 is 22.5 Å². The van der Waals surface area contributed by atoms with Gasteiger partial charge < -0.3 is 0 Å². The third-order valence-corrected chi connectivity index (χ3v) is 5.02. The number of halogens is 7. The normalized spacial score (nSPS) is 12.5. The highest BCUT2D eigenvalue weighted by molar-refractivity contribution is 6.30. The van der Waals surface area contributed by atoms with Gasteiger partial charge in [-0.3, -0.25) is 4.68 Å². The molecule has 4 aromatic rings. The molecule has 0 saturated carbocycles. The van der Waals surface area contributed by atoms with Gasteiger partial charge in [0.05, 0.1) is 23.4 Å². The van der Waals surface area contributed by atoms with Gasteiger partial charge in [-0.2, -0.15) is 31.4 Å². The molecule has 9 heteroatoms. The Morgan fingerprint density at radius 1 is 0.806 bits per heavy atom. The molecular weight excluding hydrogens is 442 g/mol. The maximum atomic E-state index is 13.5. The van der Waals surface area contributed by atoms with Crippen molar-refractivity contribution in [1.82, 2.24) is 9.78 Å². The monoisotopic (exact) mass is 454 g/mol. The third kappa shape index (κ3) is 4.25. The van der Waals surface area contributed by atoms with Crippen LogP contribution in [0.3, 0.4) is 0 Å². The summed E-state index contributed by atoms with van der Waals surface area (Å²) in [6, 6.07) is 14.8. The van der Waals surface area contributed by atoms with Crippen LogP contribution < -0.4 is 0 Å². The lowest BCUT2D eigenvalue weighted by Crippen LogP contribution is -2.08. The average Bonchev–Trinajstić information content (AvgIpc) is 3.04. The quantitative estimate of drug-likeness (QED) is 0.294. The molecule has 160 valence electrons. The number of rotatable bonds is 3. The minimum absolute atomic E-state index is 0.0219. The molecule has 0 fully saturated rings. The fourth-order valence-corrected chi connectivity index (χ4v) is 3.60. The Morgan fingerprint density at radius 3 is 2.10 bits per heavy atom. The molecule has 0 radical (unpaired) electrons. The number of hydrogen-bond acceptors (Lipinski definition) is 1. The van der Waals surface area contributed by atoms with E-state index in [1.807, 2.05) is 0 Å². The molecule has 0 aliphatic heterocycles. The number of nitrogens with zero attached hydrogens (tertiary/aromatic N) is 2. The number of benzene rings is 3. The standard InChI is InChI=1S/C22H13ClF6N2/c23-16-4-1-3-14(11-16)20-17-5-2-6-18(22(27,28)29)19(17)30-31(20)12-13-7-9-15(10-8-13)21(24,25)26/h1-11H,12H2. The Morgan fingerprint density at radius 2 is 1.48 bits per heavy atom. The fraction of sp³-hybridized carbons (Fsp3) is 0.136. The second-order valence-electron chi connectivity index (χ2n) is 6.91. The summed E-state index contributed by atoms with van der Waals surface area (Å²) in [7, 11) is 0. The number of fused-ring (bicyclic) bond motifs is 1. The molecule has 0 spiro atoms. The summed E-state index contributed by atoms with van der Waals surface area (Å²) in [5.74, 6) is 0. The molecule has 0 amide bonds. The summed E-state index contributed by atoms with van der Waals surface area (Å²) in [4.78, 5) is 0. The van der Waals surface area contributed by atoms with E-state index < -0.39 is 23.5 Å². The van der Waals surface area contributed by atoms with Crippen molar-refractivity contribution in [1.29, 1.82) is 0 Å². The zero-order valence-electron chi connectivity index (χ0n) is 15.6. The van der Waals surface area contributed by atoms with Gasteiger partial charge in [-0.15, -0.1) is 0 Å². The van der Waals surface area contributed by atoms with Crippen molar-refractivity contribution in [3.8, 4) is 11.3 Å². The zero-order chi connectivity index (χ0) is 22.4. The topological polar surface area (TPSA) is 17.8 Å². The molecular formula is C22H13ClF6N2. The lowest BCUT2D eigenvalue weighted by atomic mass is 10.0. The molecule has 0 bridgehead atoms. The van der Waals surface area contributed by atoms with Gasteiger partial charge in [-0.25, -0.2) is 0 Å². The molecule has 2 nitrogen and oxygen atoms in total. The van der Waals surface area contributed by atoms with Gasteiger partial charge in [-0.1, -0.05) is 48.0 Å². The van der Waals surface area contributed by atoms with E-state index in [-0.39, 0.29) is 17.4 Å². The van der Waals surface area contributed by atoms with Crippen molar-refractivity contribution in [3.63, 3.8) is 0 Å². The summed E-state index contributed by atoms with van der Waals surface area (Å²) < 4.78 is 80.4. The molecule has 1 heterocycles. The van der Waals surface area contributed by atoms with Gasteiger partial charge in [0.2, 0.25) is 0 Å². The van der Waals surface area contributed by atoms with Gasteiger partial charge in [0.25, 0.3) is 0 Å². The van der Waals surface area contributed by atoms with Crippen LogP contribution >= 0.6 is 11.6 Å². The minimum atomic E-state index is -4.61. The Balaban J connectivity index is 1.88. The van der Waals surface area contributed by atoms with Crippen molar-refractivity contribution in [2.45, 2.75) is 18.9 Å². The van der Waals surface area contributed by atoms with E-state index in [0.717, 1.165) is 18.2 Å². The molecule has 0 aliphatic carbocycles. The highest BCUT2D eigenvalue weighted by Crippen LogP contribution is 2.38. The Labute approximate surface area is 177 Å². The first kappa shape index (κ1) is 21.2. The van der Waals surface area contributed by atoms with Gasteiger partial charge in [0.1, 0.15) is 5.52 Å². The van der Waals surface area contributed by atoms with Crippen LogP contribution in [0.5, 0.6) is 0 Å². The van der Waals surface area contributed by atoms with Crippen LogP contribution in [0.25, 0.3) is 22.2 Å². The molecule has 0 unspecified atom stereocenters. The predicted molar refractivity (Wildman–Crippen MR) is 106 cm³/mol. The molecule has 3 aromatic carbocycles. The van der Waals surface area contributed by atoms with Crippen LogP contribution in [0.2, 0.25) is 5.02 Å². The van der Waals surface area contributed by atoms with Crippen LogP contribution in [-0.4, -0.2) is 9.78 Å². The number of aromatic nitrogens is 2. The minimum Gasteiger partial charge on any atom is -0.259 e. The molecule has 4 rings (SSSR count). The number of alkyl halides is 6. The van der Waals surface area contributed by atoms with Crippen LogP contribution in [0.15, 0.2) is 66.7 Å². The molecule has 0 atom stereocenters. The van der Waals surface area contributed by atoms with E-state index in [1.54, 1.807) is 24.3 Å². The molecule has 0 saturated heterocycles. The maximum absolute atomic E-state index is 13.5. The van der Waals surface area contributed by atoms with Gasteiger partial charge >= 0.3 is 12.4 Å². The summed E-state index contributed by atoms with van der Waals surface area (Å²) in [6.45, 7) is -0.0219. The summed E-state index contributed by atoms with van der Waals surface area (Å²) >= 11 is 6.07. The fourth-order valence-electron chi connectivity index (χ4n) is 3.41. The third-order valence-electron chi connectivity index (χ3n) is 4.79. The van der Waals surface area contributed by atoms with Crippen molar-refractivity contribution in [2.75, 3.05) is 0 Å². The Bertz CT molecular complexity index is 1240. The second kappa shape index (κ2) is 7.60. The highest BCUT2D eigenvalue weighted by Gasteiger charge is 2.34. The smallest absolute Gasteiger partial charge is 0.259 e. The SMILES string of the molecule is FC(F)(F)c1ccc(Cn2nc3c(C(F)(F)F)cccc3c2-c2cccc(Cl)c2)cc1. The Kier molecular flexibility index (Phi) is 5.21. The summed E-state index contributed by atoms with van der Waals surface area (Å²) in [5.41, 5.74) is -0.546. The predicted octanol–water partition coefficient (Wildman–Crippen LogP) is 7.44. The first-order chi connectivity index (χ1) is 14.5. The molecule has 1 aromatic heterocycles. The van der Waals surface area contributed by atoms with E-state index in [9.17, 15) is 26.3 Å². The highest BCUT2D eigenvalue weighted by atomic mass is 35.5. The summed E-state index contributed by atoms with van der Waals surface area (Å²) in [6.07, 6.45) is -9.09. The van der Waals surface area contributed by atoms with Crippen molar-refractivity contribution < 1.29 is 26.3 Å². The van der Waals surface area contributed by atoms with E-state index >= 15 is 0 Å². The van der Waals surface area contributed by atoms with Crippen LogP contribution in [0.4, 0.5) is 26.3 Å². The average molecular weight is 455 g/mol. The van der Waals surface area contributed by atoms with E-state index in [1.165, 1.54) is 28.9 Å². The largest absolute Gasteiger partial charge is 0.418 e. The zero-order valence-corrected chi connectivity index (χ0v) is 16.4. The molecule has 31 heavy (non-hydrogen) atoms. The first-order valence-corrected chi connectivity index (χ1v) is 9.40. The van der Waals surface area contributed by atoms with Crippen LogP contribution in [-0.2, 0) is 18.9 Å². The molecule has 0 N–H and O–H groups in total. The van der Waals surface area contributed by atoms with Crippen molar-refractivity contribution in [2.24, 2.45) is 0 Å². The van der Waals surface area contributed by atoms with Gasteiger partial charge in [0.15, 0.2) is 0 Å². The van der Waals surface area contributed by atoms with Crippen LogP contribution in [0, 0.1) is 0 Å². The van der Waals surface area contributed by atoms with E-state index in [0.29, 0.717) is 21.8 Å². The number of hydrogen-bond donors (Lipinski definition) is 0. The van der Waals surface area contributed by atoms with E-state index in [4.69, 9.17) is 11.6 Å². The lowest BCUT2D eigenvalue weighted by Gasteiger charge is -2.10. The second-order valence-corrected chi connectivity index (χ2v) is 7.35. The molecule has 0 aliphatic rings. The Hall–Kier alpha value is -3.00. The lowest BCUT2D eigenvalue weighted by molar-refractivity contribution is -0.138. The van der Waals surface area contributed by atoms with Crippen LogP contribution in [0.1, 0.15) is 16.7 Å². The van der Waals surface area contributed by atoms with Gasteiger partial charge in [0, 0.05) is 16.0 Å². The summed E-state index contributed by atoms with van der Waals surface area (Å²) in [5, 5.41) is 4.84. The first-order valence-electron chi connectivity index (χ1n) is 9.03. The van der Waals surface area contributed by atoms with Crippen molar-refractivity contribution in [3.05, 3.63) is 88.4 Å². The maximum Gasteiger partial charge on any atom is 0.418 e. The van der Waals surface area contributed by atoms with Gasteiger partial charge in [-0.05, 0) is 35.9 Å². The van der Waals surface area contributed by atoms with E-state index in [2.05, 4.69) is 5.10 Å².